The van der Waals surface area contributed by atoms with Crippen LogP contribution in [-0.2, 0) is 9.59 Å². The highest BCUT2D eigenvalue weighted by atomic mass is 32.2. The van der Waals surface area contributed by atoms with Gasteiger partial charge in [0.05, 0.1) is 0 Å². The molecule has 26 heavy (non-hydrogen) atoms. The van der Waals surface area contributed by atoms with Gasteiger partial charge in [-0.25, -0.2) is 0 Å². The smallest absolute Gasteiger partial charge is 0.406 e. The number of nitrogens with one attached hydrogen (secondary N) is 1. The summed E-state index contributed by atoms with van der Waals surface area (Å²) < 4.78 is 40.1. The molecule has 10 heteroatoms. The van der Waals surface area contributed by atoms with Gasteiger partial charge in [0.1, 0.15) is 11.0 Å². The van der Waals surface area contributed by atoms with Crippen molar-refractivity contribution in [3.8, 4) is 5.75 Å². The van der Waals surface area contributed by atoms with E-state index in [2.05, 4.69) is 15.0 Å². The Morgan fingerprint density at radius 3 is 2.54 bits per heavy atom. The van der Waals surface area contributed by atoms with E-state index in [0.29, 0.717) is 10.9 Å². The number of carbonyl (C=O) groups is 2. The Labute approximate surface area is 151 Å². The van der Waals surface area contributed by atoms with E-state index in [1.54, 1.807) is 0 Å². The Bertz CT molecular complexity index is 716. The van der Waals surface area contributed by atoms with Crippen LogP contribution in [0.5, 0.6) is 5.75 Å². The third-order valence-electron chi connectivity index (χ3n) is 3.85. The quantitative estimate of drug-likeness (QED) is 0.860. The van der Waals surface area contributed by atoms with Gasteiger partial charge in [-0.2, -0.15) is 4.99 Å². The van der Waals surface area contributed by atoms with Gasteiger partial charge in [0.15, 0.2) is 5.17 Å². The molecular formula is C16H16F3N3O3S. The molecule has 0 spiro atoms. The van der Waals surface area contributed by atoms with Crippen molar-refractivity contribution in [2.75, 3.05) is 18.4 Å². The molecule has 1 N–H and O–H groups in total. The molecule has 2 aliphatic rings. The van der Waals surface area contributed by atoms with Gasteiger partial charge in [-0.1, -0.05) is 11.8 Å². The van der Waals surface area contributed by atoms with Crippen LogP contribution in [0.4, 0.5) is 18.9 Å². The fourth-order valence-corrected chi connectivity index (χ4v) is 3.79. The van der Waals surface area contributed by atoms with Gasteiger partial charge in [0, 0.05) is 25.2 Å². The number of carbonyl (C=O) groups excluding carboxylic acids is 2. The Morgan fingerprint density at radius 1 is 1.27 bits per heavy atom. The highest BCUT2D eigenvalue weighted by Crippen LogP contribution is 2.29. The van der Waals surface area contributed by atoms with E-state index in [1.807, 2.05) is 4.90 Å². The van der Waals surface area contributed by atoms with Gasteiger partial charge in [0.2, 0.25) is 5.91 Å². The van der Waals surface area contributed by atoms with Crippen LogP contribution in [0, 0.1) is 0 Å². The number of ether oxygens (including phenoxy) is 1. The van der Waals surface area contributed by atoms with Crippen LogP contribution in [0.15, 0.2) is 29.3 Å². The summed E-state index contributed by atoms with van der Waals surface area (Å²) >= 11 is 1.28. The fraction of sp³-hybridized carbons (Fsp3) is 0.438. The van der Waals surface area contributed by atoms with E-state index in [0.717, 1.165) is 38.1 Å². The second-order valence-electron chi connectivity index (χ2n) is 5.86. The number of nitrogens with zero attached hydrogens (tertiary/aromatic N) is 2. The van der Waals surface area contributed by atoms with Crippen molar-refractivity contribution >= 4 is 34.4 Å². The first-order valence-electron chi connectivity index (χ1n) is 8.00. The molecule has 1 aromatic rings. The third-order valence-corrected chi connectivity index (χ3v) is 5.06. The van der Waals surface area contributed by atoms with E-state index in [9.17, 15) is 22.8 Å². The number of rotatable bonds is 4. The first kappa shape index (κ1) is 18.6. The maximum absolute atomic E-state index is 12.1. The van der Waals surface area contributed by atoms with Gasteiger partial charge in [0.25, 0.3) is 5.91 Å². The largest absolute Gasteiger partial charge is 0.573 e. The van der Waals surface area contributed by atoms with Gasteiger partial charge < -0.3 is 15.0 Å². The van der Waals surface area contributed by atoms with Gasteiger partial charge in [-0.05, 0) is 37.1 Å². The molecule has 2 amide bonds. The second kappa shape index (κ2) is 7.56. The zero-order valence-corrected chi connectivity index (χ0v) is 14.4. The molecule has 1 fully saturated rings. The summed E-state index contributed by atoms with van der Waals surface area (Å²) in [6, 6.07) is 4.81. The number of hydrogen-bond donors (Lipinski definition) is 1. The van der Waals surface area contributed by atoms with E-state index >= 15 is 0 Å². The van der Waals surface area contributed by atoms with Crippen molar-refractivity contribution in [1.29, 1.82) is 0 Å². The Kier molecular flexibility index (Phi) is 5.40. The topological polar surface area (TPSA) is 71.0 Å². The number of aliphatic imine (C=N–C) groups is 1. The first-order chi connectivity index (χ1) is 12.3. The number of alkyl halides is 3. The maximum atomic E-state index is 12.1. The van der Waals surface area contributed by atoms with Gasteiger partial charge in [-0.3, -0.25) is 9.59 Å². The van der Waals surface area contributed by atoms with Crippen LogP contribution in [-0.4, -0.2) is 46.6 Å². The van der Waals surface area contributed by atoms with Crippen LogP contribution in [0.3, 0.4) is 0 Å². The molecule has 0 aromatic heterocycles. The molecule has 3 rings (SSSR count). The van der Waals surface area contributed by atoms with Crippen LogP contribution in [0.2, 0.25) is 0 Å². The predicted molar refractivity (Wildman–Crippen MR) is 91.0 cm³/mol. The summed E-state index contributed by atoms with van der Waals surface area (Å²) in [6.45, 7) is 1.73. The summed E-state index contributed by atoms with van der Waals surface area (Å²) in [5.74, 6) is -1.11. The van der Waals surface area contributed by atoms with Crippen LogP contribution >= 0.6 is 11.8 Å². The minimum atomic E-state index is -4.77. The van der Waals surface area contributed by atoms with E-state index in [1.165, 1.54) is 23.9 Å². The van der Waals surface area contributed by atoms with Crippen molar-refractivity contribution in [3.05, 3.63) is 24.3 Å². The number of thioether (sulfide) groups is 1. The number of benzene rings is 1. The third kappa shape index (κ3) is 4.90. The number of anilines is 1. The zero-order chi connectivity index (χ0) is 18.7. The van der Waals surface area contributed by atoms with Crippen molar-refractivity contribution < 1.29 is 27.5 Å². The monoisotopic (exact) mass is 387 g/mol. The Hall–Kier alpha value is -2.23. The lowest BCUT2D eigenvalue weighted by Gasteiger charge is -2.16. The number of halogens is 3. The molecule has 2 aliphatic heterocycles. The number of amides is 2. The summed E-state index contributed by atoms with van der Waals surface area (Å²) in [7, 11) is 0. The maximum Gasteiger partial charge on any atom is 0.573 e. The molecule has 140 valence electrons. The van der Waals surface area contributed by atoms with Crippen molar-refractivity contribution in [1.82, 2.24) is 4.90 Å². The zero-order valence-electron chi connectivity index (χ0n) is 13.6. The fourth-order valence-electron chi connectivity index (χ4n) is 2.67. The number of amidine groups is 1. The van der Waals surface area contributed by atoms with E-state index in [4.69, 9.17) is 0 Å². The molecule has 1 aromatic carbocycles. The van der Waals surface area contributed by atoms with Gasteiger partial charge >= 0.3 is 6.36 Å². The molecule has 0 aliphatic carbocycles. The lowest BCUT2D eigenvalue weighted by Crippen LogP contribution is -2.25. The van der Waals surface area contributed by atoms with Crippen molar-refractivity contribution in [3.63, 3.8) is 0 Å². The van der Waals surface area contributed by atoms with Gasteiger partial charge in [-0.15, -0.1) is 13.2 Å². The number of hydrogen-bond acceptors (Lipinski definition) is 5. The lowest BCUT2D eigenvalue weighted by molar-refractivity contribution is -0.274. The summed E-state index contributed by atoms with van der Waals surface area (Å²) in [4.78, 5) is 30.1. The molecule has 0 bridgehead atoms. The second-order valence-corrected chi connectivity index (χ2v) is 7.03. The molecule has 0 radical (unpaired) electrons. The van der Waals surface area contributed by atoms with E-state index in [-0.39, 0.29) is 18.1 Å². The lowest BCUT2D eigenvalue weighted by atomic mass is 10.2. The molecule has 2 heterocycles. The Balaban J connectivity index is 1.50. The normalized spacial score (nSPS) is 20.3. The average molecular weight is 387 g/mol. The number of likely N-dealkylation sites (tertiary alicyclic amines) is 1. The van der Waals surface area contributed by atoms with Crippen LogP contribution in [0.25, 0.3) is 0 Å². The summed E-state index contributed by atoms with van der Waals surface area (Å²) in [6.07, 6.45) is -2.69. The predicted octanol–water partition coefficient (Wildman–Crippen LogP) is 3.01. The average Bonchev–Trinajstić information content (AvgIpc) is 3.18. The van der Waals surface area contributed by atoms with Crippen molar-refractivity contribution in [2.45, 2.75) is 30.9 Å². The SMILES string of the molecule is O=C(CC1SC(N2CCCC2)=NC1=O)Nc1ccc(OC(F)(F)F)cc1. The molecule has 6 nitrogen and oxygen atoms in total. The Morgan fingerprint density at radius 2 is 1.92 bits per heavy atom. The highest BCUT2D eigenvalue weighted by molar-refractivity contribution is 8.15. The van der Waals surface area contributed by atoms with E-state index < -0.39 is 17.5 Å². The molecule has 0 saturated carbocycles. The summed E-state index contributed by atoms with van der Waals surface area (Å²) in [5.41, 5.74) is 0.320. The molecule has 1 unspecified atom stereocenters. The van der Waals surface area contributed by atoms with Crippen molar-refractivity contribution in [2.24, 2.45) is 4.99 Å². The molecular weight excluding hydrogens is 371 g/mol. The molecule has 1 atom stereocenters. The standard InChI is InChI=1S/C16H16F3N3O3S/c17-16(18,19)25-11-5-3-10(4-6-11)20-13(23)9-12-14(24)21-15(26-12)22-7-1-2-8-22/h3-6,12H,1-2,7-9H2,(H,20,23). The first-order valence-corrected chi connectivity index (χ1v) is 8.88. The minimum absolute atomic E-state index is 0.0505. The highest BCUT2D eigenvalue weighted by Gasteiger charge is 2.34. The van der Waals surface area contributed by atoms with Crippen LogP contribution in [0.1, 0.15) is 19.3 Å². The summed E-state index contributed by atoms with van der Waals surface area (Å²) in [5, 5.41) is 2.65. The van der Waals surface area contributed by atoms with Crippen LogP contribution < -0.4 is 10.1 Å². The minimum Gasteiger partial charge on any atom is -0.406 e. The molecule has 1 saturated heterocycles.